The second kappa shape index (κ2) is 7.13. The first kappa shape index (κ1) is 17.3. The molecule has 0 N–H and O–H groups in total. The molecule has 3 rings (SSSR count). The van der Waals surface area contributed by atoms with E-state index in [1.165, 1.54) is 5.56 Å². The summed E-state index contributed by atoms with van der Waals surface area (Å²) in [5.41, 5.74) is 3.21. The van der Waals surface area contributed by atoms with Crippen molar-refractivity contribution in [1.29, 1.82) is 0 Å². The lowest BCUT2D eigenvalue weighted by Crippen LogP contribution is -1.97. The van der Waals surface area contributed by atoms with Crippen molar-refractivity contribution in [2.45, 2.75) is 16.7 Å². The number of rotatable bonds is 4. The number of aryl methyl sites for hydroxylation is 1. The lowest BCUT2D eigenvalue weighted by molar-refractivity contribution is 0.679. The fraction of sp³-hybridized carbons (Fsp3) is 0.158. The Morgan fingerprint density at radius 1 is 0.708 bits per heavy atom. The van der Waals surface area contributed by atoms with Gasteiger partial charge >= 0.3 is 0 Å². The highest BCUT2D eigenvalue weighted by Gasteiger charge is 2.25. The van der Waals surface area contributed by atoms with Crippen molar-refractivity contribution in [3.8, 4) is 20.9 Å². The molecule has 0 amide bonds. The van der Waals surface area contributed by atoms with E-state index in [4.69, 9.17) is 0 Å². The predicted octanol–water partition coefficient (Wildman–Crippen LogP) is 4.87. The summed E-state index contributed by atoms with van der Waals surface area (Å²) in [7, 11) is -2.43. The van der Waals surface area contributed by atoms with Crippen LogP contribution in [0.25, 0.3) is 20.9 Å². The molecule has 1 heterocycles. The third-order valence-electron chi connectivity index (χ3n) is 3.75. The molecule has 2 atom stereocenters. The van der Waals surface area contributed by atoms with Crippen LogP contribution in [0.3, 0.4) is 0 Å². The van der Waals surface area contributed by atoms with E-state index < -0.39 is 21.6 Å². The first-order valence-electron chi connectivity index (χ1n) is 7.45. The van der Waals surface area contributed by atoms with E-state index in [9.17, 15) is 8.42 Å². The van der Waals surface area contributed by atoms with Gasteiger partial charge in [0, 0.05) is 12.5 Å². The van der Waals surface area contributed by atoms with Gasteiger partial charge in [-0.1, -0.05) is 60.2 Å². The van der Waals surface area contributed by atoms with Gasteiger partial charge in [-0.25, -0.2) is 0 Å². The van der Waals surface area contributed by atoms with Crippen LogP contribution in [0.15, 0.2) is 64.4 Å². The zero-order valence-electron chi connectivity index (χ0n) is 13.7. The largest absolute Gasteiger partial charge is 0.255 e. The molecule has 2 nitrogen and oxygen atoms in total. The van der Waals surface area contributed by atoms with E-state index in [-0.39, 0.29) is 0 Å². The van der Waals surface area contributed by atoms with Gasteiger partial charge in [0.15, 0.2) is 0 Å². The second-order valence-electron chi connectivity index (χ2n) is 5.56. The smallest absolute Gasteiger partial charge is 0.0739 e. The van der Waals surface area contributed by atoms with Crippen LogP contribution in [0.4, 0.5) is 0 Å². The number of hydrogen-bond donors (Lipinski definition) is 0. The number of thiophene rings is 1. The normalized spacial score (nSPS) is 13.6. The summed E-state index contributed by atoms with van der Waals surface area (Å²) in [6, 6.07) is 18.1. The highest BCUT2D eigenvalue weighted by Crippen LogP contribution is 2.45. The van der Waals surface area contributed by atoms with Crippen LogP contribution in [0.1, 0.15) is 5.56 Å². The average Bonchev–Trinajstić information content (AvgIpc) is 2.97. The highest BCUT2D eigenvalue weighted by atomic mass is 32.2. The van der Waals surface area contributed by atoms with Crippen molar-refractivity contribution in [3.63, 3.8) is 0 Å². The first-order valence-corrected chi connectivity index (χ1v) is 11.4. The van der Waals surface area contributed by atoms with Crippen LogP contribution in [-0.2, 0) is 21.6 Å². The molecule has 24 heavy (non-hydrogen) atoms. The Morgan fingerprint density at radius 3 is 1.62 bits per heavy atom. The van der Waals surface area contributed by atoms with Crippen molar-refractivity contribution in [3.05, 3.63) is 60.2 Å². The minimum Gasteiger partial charge on any atom is -0.255 e. The zero-order valence-corrected chi connectivity index (χ0v) is 16.2. The molecule has 0 fully saturated rings. The van der Waals surface area contributed by atoms with Gasteiger partial charge in [0.25, 0.3) is 0 Å². The van der Waals surface area contributed by atoms with Crippen LogP contribution >= 0.6 is 11.3 Å². The van der Waals surface area contributed by atoms with Crippen molar-refractivity contribution in [2.75, 3.05) is 12.5 Å². The average molecular weight is 375 g/mol. The Morgan fingerprint density at radius 2 is 1.17 bits per heavy atom. The van der Waals surface area contributed by atoms with E-state index in [1.807, 2.05) is 61.5 Å². The Labute approximate surface area is 151 Å². The molecule has 0 saturated heterocycles. The molecule has 124 valence electrons. The monoisotopic (exact) mass is 374 g/mol. The standard InChI is InChI=1S/C19H18O2S3/c1-13-9-11-15(12-10-13)17-19(24(3)21)18(23(2)20)16(22-17)14-7-5-4-6-8-14/h4-12H,1-3H3. The molecular formula is C19H18O2S3. The highest BCUT2D eigenvalue weighted by molar-refractivity contribution is 7.88. The third-order valence-corrected chi connectivity index (χ3v) is 7.39. The van der Waals surface area contributed by atoms with Crippen molar-refractivity contribution >= 4 is 32.9 Å². The summed E-state index contributed by atoms with van der Waals surface area (Å²) >= 11 is 1.57. The van der Waals surface area contributed by atoms with Gasteiger partial charge in [0.2, 0.25) is 0 Å². The van der Waals surface area contributed by atoms with Crippen LogP contribution in [0, 0.1) is 6.92 Å². The van der Waals surface area contributed by atoms with Gasteiger partial charge in [0.05, 0.1) is 41.1 Å². The van der Waals surface area contributed by atoms with Crippen molar-refractivity contribution in [2.24, 2.45) is 0 Å². The maximum Gasteiger partial charge on any atom is 0.0739 e. The summed E-state index contributed by atoms with van der Waals surface area (Å²) < 4.78 is 24.9. The maximum absolute atomic E-state index is 12.5. The quantitative estimate of drug-likeness (QED) is 0.653. The van der Waals surface area contributed by atoms with Crippen LogP contribution in [0.5, 0.6) is 0 Å². The summed E-state index contributed by atoms with van der Waals surface area (Å²) in [6.07, 6.45) is 3.31. The lowest BCUT2D eigenvalue weighted by Gasteiger charge is -2.05. The molecule has 0 spiro atoms. The summed E-state index contributed by atoms with van der Waals surface area (Å²) in [6.45, 7) is 2.04. The van der Waals surface area contributed by atoms with Gasteiger partial charge in [-0.3, -0.25) is 8.42 Å². The molecule has 0 saturated carbocycles. The summed E-state index contributed by atoms with van der Waals surface area (Å²) in [5.74, 6) is 0. The predicted molar refractivity (Wildman–Crippen MR) is 105 cm³/mol. The van der Waals surface area contributed by atoms with E-state index in [0.29, 0.717) is 9.79 Å². The molecule has 0 radical (unpaired) electrons. The van der Waals surface area contributed by atoms with E-state index >= 15 is 0 Å². The molecule has 2 unspecified atom stereocenters. The molecule has 1 aromatic heterocycles. The van der Waals surface area contributed by atoms with Crippen molar-refractivity contribution < 1.29 is 8.42 Å². The van der Waals surface area contributed by atoms with Gasteiger partial charge in [0.1, 0.15) is 0 Å². The minimum atomic E-state index is -1.21. The van der Waals surface area contributed by atoms with E-state index in [1.54, 1.807) is 23.8 Å². The summed E-state index contributed by atoms with van der Waals surface area (Å²) in [5, 5.41) is 0. The molecule has 3 aromatic rings. The van der Waals surface area contributed by atoms with Crippen LogP contribution in [0.2, 0.25) is 0 Å². The Bertz CT molecular complexity index is 910. The molecule has 5 heteroatoms. The molecule has 2 aromatic carbocycles. The zero-order chi connectivity index (χ0) is 17.3. The molecule has 0 aliphatic carbocycles. The molecule has 0 aliphatic heterocycles. The van der Waals surface area contributed by atoms with Gasteiger partial charge < -0.3 is 0 Å². The fourth-order valence-corrected chi connectivity index (χ4v) is 6.97. The Kier molecular flexibility index (Phi) is 5.13. The van der Waals surface area contributed by atoms with Crippen LogP contribution < -0.4 is 0 Å². The first-order chi connectivity index (χ1) is 11.5. The number of benzene rings is 2. The fourth-order valence-electron chi connectivity index (χ4n) is 2.60. The van der Waals surface area contributed by atoms with E-state index in [2.05, 4.69) is 0 Å². The minimum absolute atomic E-state index is 0.697. The second-order valence-corrected chi connectivity index (χ2v) is 9.21. The molecule has 0 bridgehead atoms. The maximum atomic E-state index is 12.5. The Balaban J connectivity index is 2.32. The molecule has 0 aliphatic rings. The van der Waals surface area contributed by atoms with Gasteiger partial charge in [-0.2, -0.15) is 0 Å². The third kappa shape index (κ3) is 3.29. The van der Waals surface area contributed by atoms with Crippen molar-refractivity contribution in [1.82, 2.24) is 0 Å². The van der Waals surface area contributed by atoms with Gasteiger partial charge in [-0.15, -0.1) is 11.3 Å². The van der Waals surface area contributed by atoms with Gasteiger partial charge in [-0.05, 0) is 18.1 Å². The SMILES string of the molecule is Cc1ccc(-c2sc(-c3ccccc3)c(S(C)=O)c2S(C)=O)cc1. The lowest BCUT2D eigenvalue weighted by atomic mass is 10.1. The van der Waals surface area contributed by atoms with E-state index in [0.717, 1.165) is 20.9 Å². The molecular weight excluding hydrogens is 356 g/mol. The van der Waals surface area contributed by atoms with Crippen LogP contribution in [-0.4, -0.2) is 20.9 Å². The Hall–Kier alpha value is -1.56. The topological polar surface area (TPSA) is 34.1 Å². The summed E-state index contributed by atoms with van der Waals surface area (Å²) in [4.78, 5) is 3.28. The number of hydrogen-bond acceptors (Lipinski definition) is 3.